The average molecular weight is 311 g/mol. The number of hydrogen-bond donors (Lipinski definition) is 0. The molecule has 2 aliphatic rings. The minimum absolute atomic E-state index is 0. The Hall–Kier alpha value is -0.352. The van der Waals surface area contributed by atoms with Crippen molar-refractivity contribution in [3.8, 4) is 0 Å². The van der Waals surface area contributed by atoms with Crippen molar-refractivity contribution in [2.45, 2.75) is 40.5 Å². The second-order valence-electron chi connectivity index (χ2n) is 5.38. The fraction of sp³-hybridized carbons (Fsp3) is 0.500. The van der Waals surface area contributed by atoms with Gasteiger partial charge >= 0.3 is 114 Å². The molecule has 0 bridgehead atoms. The Balaban J connectivity index is 0.00000162. The summed E-state index contributed by atoms with van der Waals surface area (Å²) in [6.07, 6.45) is 11.9. The van der Waals surface area contributed by atoms with Crippen LogP contribution in [0.2, 0.25) is 0 Å². The summed E-state index contributed by atoms with van der Waals surface area (Å²) in [5, 5.41) is 0. The van der Waals surface area contributed by atoms with Gasteiger partial charge in [-0.1, -0.05) is 0 Å². The maximum atomic E-state index is 2.36. The molecule has 0 spiro atoms. The molecule has 0 aliphatic heterocycles. The molecule has 0 unspecified atom stereocenters. The molecule has 2 aliphatic carbocycles. The van der Waals surface area contributed by atoms with Gasteiger partial charge < -0.3 is 1.43 Å². The van der Waals surface area contributed by atoms with E-state index in [0.29, 0.717) is 11.8 Å². The second-order valence-corrected chi connectivity index (χ2v) is 8.31. The van der Waals surface area contributed by atoms with Crippen LogP contribution in [0.4, 0.5) is 0 Å². The van der Waals surface area contributed by atoms with Crippen LogP contribution in [0.15, 0.2) is 43.4 Å². The third kappa shape index (κ3) is 2.91. The fourth-order valence-corrected chi connectivity index (χ4v) is 6.07. The van der Waals surface area contributed by atoms with Gasteiger partial charge in [0.05, 0.1) is 0 Å². The van der Waals surface area contributed by atoms with Crippen LogP contribution < -0.4 is 0 Å². The Kier molecular flexibility index (Phi) is 4.26. The predicted molar refractivity (Wildman–Crippen MR) is 72.4 cm³/mol. The standard InChI is InChI=1S/2C8H11.Mo.H/c2*1-7(2)8-5-3-4-6-8;;/h2*3,5,7H,4H2,1-2H3;;/q;;;-1. The van der Waals surface area contributed by atoms with Gasteiger partial charge in [0, 0.05) is 0 Å². The maximum Gasteiger partial charge on any atom is -1.00 e. The Morgan fingerprint density at radius 2 is 1.29 bits per heavy atom. The van der Waals surface area contributed by atoms with E-state index in [0.717, 1.165) is 0 Å². The average Bonchev–Trinajstić information content (AvgIpc) is 2.86. The molecule has 0 nitrogen and oxygen atoms in total. The minimum atomic E-state index is -0.0938. The first kappa shape index (κ1) is 13.1. The van der Waals surface area contributed by atoms with E-state index in [1.54, 1.807) is 19.1 Å². The van der Waals surface area contributed by atoms with Gasteiger partial charge in [-0.05, 0) is 0 Å². The molecule has 0 aromatic carbocycles. The van der Waals surface area contributed by atoms with Crippen LogP contribution in [0.5, 0.6) is 0 Å². The molecule has 0 aromatic heterocycles. The van der Waals surface area contributed by atoms with E-state index >= 15 is 0 Å². The molecule has 2 rings (SSSR count). The van der Waals surface area contributed by atoms with Crippen LogP contribution in [-0.2, 0) is 18.6 Å². The summed E-state index contributed by atoms with van der Waals surface area (Å²) in [6.45, 7) is 9.29. The third-order valence-corrected chi connectivity index (χ3v) is 6.53. The van der Waals surface area contributed by atoms with Crippen molar-refractivity contribution < 1.29 is 20.0 Å². The first-order chi connectivity index (χ1) is 8.09. The SMILES string of the molecule is CC(C)C1=[C]([Mo][C]2=C(C(C)C)C=CC2)CC=C1.[H-]. The molecule has 0 saturated heterocycles. The molecular formula is C16H23Mo-. The third-order valence-electron chi connectivity index (χ3n) is 3.34. The van der Waals surface area contributed by atoms with Gasteiger partial charge in [-0.3, -0.25) is 0 Å². The summed E-state index contributed by atoms with van der Waals surface area (Å²) in [6, 6.07) is 0. The van der Waals surface area contributed by atoms with Crippen LogP contribution in [0.3, 0.4) is 0 Å². The van der Waals surface area contributed by atoms with Crippen molar-refractivity contribution in [1.29, 1.82) is 0 Å². The number of rotatable bonds is 4. The van der Waals surface area contributed by atoms with E-state index in [4.69, 9.17) is 0 Å². The van der Waals surface area contributed by atoms with E-state index < -0.39 is 0 Å². The topological polar surface area (TPSA) is 0 Å². The largest absolute Gasteiger partial charge is 1.00 e. The quantitative estimate of drug-likeness (QED) is 0.646. The molecule has 0 N–H and O–H groups in total. The summed E-state index contributed by atoms with van der Waals surface area (Å²) < 4.78 is 3.56. The zero-order valence-corrected chi connectivity index (χ0v) is 13.3. The zero-order chi connectivity index (χ0) is 12.4. The Morgan fingerprint density at radius 3 is 1.65 bits per heavy atom. The second kappa shape index (κ2) is 5.53. The van der Waals surface area contributed by atoms with Crippen molar-refractivity contribution in [3.05, 3.63) is 43.4 Å². The zero-order valence-electron chi connectivity index (χ0n) is 12.3. The van der Waals surface area contributed by atoms with Crippen LogP contribution in [-0.4, -0.2) is 0 Å². The van der Waals surface area contributed by atoms with Gasteiger partial charge in [-0.2, -0.15) is 0 Å². The smallest absolute Gasteiger partial charge is 1.00 e. The van der Waals surface area contributed by atoms with E-state index in [-0.39, 0.29) is 20.0 Å². The van der Waals surface area contributed by atoms with Crippen LogP contribution in [0.25, 0.3) is 0 Å². The Bertz CT molecular complexity index is 382. The summed E-state index contributed by atoms with van der Waals surface area (Å²) in [7, 11) is 0. The summed E-state index contributed by atoms with van der Waals surface area (Å²) in [4.78, 5) is 0. The molecule has 0 amide bonds. The van der Waals surface area contributed by atoms with E-state index in [2.05, 4.69) is 52.0 Å². The maximum absolute atomic E-state index is 2.36. The molecular weight excluding hydrogens is 288 g/mol. The first-order valence-corrected chi connectivity index (χ1v) is 8.57. The van der Waals surface area contributed by atoms with Gasteiger partial charge in [0.25, 0.3) is 0 Å². The summed E-state index contributed by atoms with van der Waals surface area (Å²) >= 11 is -0.0938. The number of hydrogen-bond acceptors (Lipinski definition) is 0. The van der Waals surface area contributed by atoms with Gasteiger partial charge in [0.2, 0.25) is 0 Å². The van der Waals surface area contributed by atoms with Gasteiger partial charge in [0.15, 0.2) is 0 Å². The first-order valence-electron chi connectivity index (χ1n) is 6.56. The molecule has 0 saturated carbocycles. The normalized spacial score (nSPS) is 19.6. The van der Waals surface area contributed by atoms with E-state index in [1.807, 2.05) is 0 Å². The van der Waals surface area contributed by atoms with Crippen molar-refractivity contribution in [2.75, 3.05) is 0 Å². The van der Waals surface area contributed by atoms with Gasteiger partial charge in [0.1, 0.15) is 0 Å². The van der Waals surface area contributed by atoms with E-state index in [1.165, 1.54) is 12.8 Å². The fourth-order valence-electron chi connectivity index (χ4n) is 2.39. The van der Waals surface area contributed by atoms with Crippen LogP contribution in [0, 0.1) is 11.8 Å². The molecule has 0 fully saturated rings. The van der Waals surface area contributed by atoms with Crippen LogP contribution >= 0.6 is 0 Å². The van der Waals surface area contributed by atoms with Crippen molar-refractivity contribution in [1.82, 2.24) is 0 Å². The minimum Gasteiger partial charge on any atom is -1.00 e. The monoisotopic (exact) mass is 313 g/mol. The molecule has 0 heterocycles. The molecule has 0 atom stereocenters. The van der Waals surface area contributed by atoms with Gasteiger partial charge in [-0.15, -0.1) is 0 Å². The van der Waals surface area contributed by atoms with Crippen LogP contribution in [0.1, 0.15) is 42.0 Å². The summed E-state index contributed by atoms with van der Waals surface area (Å²) in [5.41, 5.74) is 3.27. The van der Waals surface area contributed by atoms with Crippen molar-refractivity contribution in [2.24, 2.45) is 11.8 Å². The molecule has 17 heavy (non-hydrogen) atoms. The van der Waals surface area contributed by atoms with E-state index in [9.17, 15) is 0 Å². The molecule has 1 heteroatoms. The summed E-state index contributed by atoms with van der Waals surface area (Å²) in [5.74, 6) is 1.40. The van der Waals surface area contributed by atoms with Crippen molar-refractivity contribution in [3.63, 3.8) is 0 Å². The Morgan fingerprint density at radius 1 is 0.882 bits per heavy atom. The molecule has 94 valence electrons. The molecule has 0 aromatic rings. The molecule has 0 radical (unpaired) electrons. The van der Waals surface area contributed by atoms with Gasteiger partial charge in [-0.25, -0.2) is 0 Å². The Labute approximate surface area is 116 Å². The predicted octanol–water partition coefficient (Wildman–Crippen LogP) is 4.92. The van der Waals surface area contributed by atoms with Crippen molar-refractivity contribution >= 4 is 0 Å². The number of allylic oxidation sites excluding steroid dienone is 8.